The normalized spacial score (nSPS) is 10.2. The van der Waals surface area contributed by atoms with Gasteiger partial charge in [-0.15, -0.1) is 0 Å². The van der Waals surface area contributed by atoms with E-state index in [1.54, 1.807) is 11.7 Å². The van der Waals surface area contributed by atoms with Gasteiger partial charge in [-0.05, 0) is 12.5 Å². The summed E-state index contributed by atoms with van der Waals surface area (Å²) in [6, 6.07) is 10.3. The molecule has 0 aliphatic rings. The molecule has 17 heavy (non-hydrogen) atoms. The zero-order valence-corrected chi connectivity index (χ0v) is 9.94. The van der Waals surface area contributed by atoms with E-state index in [4.69, 9.17) is 11.0 Å². The molecule has 0 aliphatic heterocycles. The predicted molar refractivity (Wildman–Crippen MR) is 66.3 cm³/mol. The molecule has 0 radical (unpaired) electrons. The average molecular weight is 226 g/mol. The number of anilines is 1. The molecule has 0 bridgehead atoms. The van der Waals surface area contributed by atoms with Gasteiger partial charge in [0.05, 0.1) is 5.69 Å². The van der Waals surface area contributed by atoms with Crippen LogP contribution in [0.2, 0.25) is 0 Å². The number of nitrogens with two attached hydrogens (primary N) is 1. The minimum absolute atomic E-state index is 0.426. The number of benzene rings is 1. The van der Waals surface area contributed by atoms with E-state index in [2.05, 4.69) is 17.2 Å². The molecule has 0 unspecified atom stereocenters. The highest BCUT2D eigenvalue weighted by Gasteiger charge is 2.13. The van der Waals surface area contributed by atoms with Crippen LogP contribution in [0.15, 0.2) is 24.3 Å². The minimum Gasteiger partial charge on any atom is -0.383 e. The van der Waals surface area contributed by atoms with Crippen molar-refractivity contribution in [1.82, 2.24) is 9.78 Å². The molecule has 1 aromatic heterocycles. The highest BCUT2D eigenvalue weighted by Crippen LogP contribution is 2.18. The molecule has 0 amide bonds. The van der Waals surface area contributed by atoms with Crippen molar-refractivity contribution in [3.05, 3.63) is 46.6 Å². The zero-order chi connectivity index (χ0) is 12.4. The van der Waals surface area contributed by atoms with E-state index >= 15 is 0 Å². The van der Waals surface area contributed by atoms with Crippen LogP contribution in [0.5, 0.6) is 0 Å². The monoisotopic (exact) mass is 226 g/mol. The second-order valence-electron chi connectivity index (χ2n) is 4.11. The van der Waals surface area contributed by atoms with Crippen LogP contribution in [0, 0.1) is 18.3 Å². The number of hydrogen-bond donors (Lipinski definition) is 1. The maximum atomic E-state index is 9.06. The van der Waals surface area contributed by atoms with Gasteiger partial charge in [-0.3, -0.25) is 4.68 Å². The van der Waals surface area contributed by atoms with Crippen molar-refractivity contribution < 1.29 is 0 Å². The number of rotatable bonds is 2. The molecule has 0 aliphatic carbocycles. The van der Waals surface area contributed by atoms with E-state index in [-0.39, 0.29) is 0 Å². The van der Waals surface area contributed by atoms with Gasteiger partial charge in [-0.25, -0.2) is 0 Å². The van der Waals surface area contributed by atoms with Crippen molar-refractivity contribution in [1.29, 1.82) is 5.26 Å². The Bertz CT molecular complexity index is 590. The summed E-state index contributed by atoms with van der Waals surface area (Å²) >= 11 is 0. The third kappa shape index (κ3) is 2.13. The number of nitriles is 1. The van der Waals surface area contributed by atoms with Gasteiger partial charge in [-0.1, -0.05) is 29.8 Å². The molecular weight excluding hydrogens is 212 g/mol. The molecule has 0 saturated heterocycles. The van der Waals surface area contributed by atoms with Gasteiger partial charge in [0.15, 0.2) is 0 Å². The molecular formula is C13H14N4. The molecule has 0 saturated carbocycles. The molecule has 0 fully saturated rings. The first-order valence-corrected chi connectivity index (χ1v) is 5.39. The number of aromatic nitrogens is 2. The lowest BCUT2D eigenvalue weighted by Crippen LogP contribution is -1.98. The first-order valence-electron chi connectivity index (χ1n) is 5.39. The van der Waals surface area contributed by atoms with Crippen molar-refractivity contribution >= 4 is 5.82 Å². The zero-order valence-electron chi connectivity index (χ0n) is 9.94. The van der Waals surface area contributed by atoms with Crippen LogP contribution in [0.4, 0.5) is 5.82 Å². The van der Waals surface area contributed by atoms with Gasteiger partial charge in [0, 0.05) is 13.5 Å². The lowest BCUT2D eigenvalue weighted by molar-refractivity contribution is 0.759. The van der Waals surface area contributed by atoms with Crippen molar-refractivity contribution in [2.75, 3.05) is 5.73 Å². The average Bonchev–Trinajstić information content (AvgIpc) is 2.54. The Morgan fingerprint density at radius 3 is 2.88 bits per heavy atom. The summed E-state index contributed by atoms with van der Waals surface area (Å²) in [5, 5.41) is 13.3. The quantitative estimate of drug-likeness (QED) is 0.848. The maximum Gasteiger partial charge on any atom is 0.139 e. The van der Waals surface area contributed by atoms with Gasteiger partial charge >= 0.3 is 0 Å². The lowest BCUT2D eigenvalue weighted by Gasteiger charge is -2.00. The smallest absolute Gasteiger partial charge is 0.139 e. The highest BCUT2D eigenvalue weighted by molar-refractivity contribution is 5.53. The number of nitrogens with zero attached hydrogens (tertiary/aromatic N) is 3. The third-order valence-electron chi connectivity index (χ3n) is 2.73. The van der Waals surface area contributed by atoms with Gasteiger partial charge in [-0.2, -0.15) is 10.4 Å². The summed E-state index contributed by atoms with van der Waals surface area (Å²) in [5.74, 6) is 0.426. The number of hydrogen-bond acceptors (Lipinski definition) is 3. The van der Waals surface area contributed by atoms with Crippen molar-refractivity contribution in [3.63, 3.8) is 0 Å². The maximum absolute atomic E-state index is 9.06. The summed E-state index contributed by atoms with van der Waals surface area (Å²) in [6.07, 6.45) is 0.635. The first-order chi connectivity index (χ1) is 8.11. The molecule has 4 nitrogen and oxygen atoms in total. The van der Waals surface area contributed by atoms with Crippen LogP contribution in [-0.2, 0) is 13.5 Å². The SMILES string of the molecule is Cc1cccc(Cc2nn(C)c(N)c2C#N)c1. The fourth-order valence-electron chi connectivity index (χ4n) is 1.86. The van der Waals surface area contributed by atoms with Gasteiger partial charge < -0.3 is 5.73 Å². The molecule has 2 N–H and O–H groups in total. The second-order valence-corrected chi connectivity index (χ2v) is 4.11. The van der Waals surface area contributed by atoms with Crippen molar-refractivity contribution in [2.24, 2.45) is 7.05 Å². The summed E-state index contributed by atoms with van der Waals surface area (Å²) < 4.78 is 1.55. The Hall–Kier alpha value is -2.28. The summed E-state index contributed by atoms with van der Waals surface area (Å²) in [4.78, 5) is 0. The van der Waals surface area contributed by atoms with Gasteiger partial charge in [0.25, 0.3) is 0 Å². The van der Waals surface area contributed by atoms with Gasteiger partial charge in [0.1, 0.15) is 17.5 Å². The molecule has 1 aromatic carbocycles. The molecule has 2 rings (SSSR count). The van der Waals surface area contributed by atoms with Crippen LogP contribution in [0.3, 0.4) is 0 Å². The Morgan fingerprint density at radius 1 is 1.47 bits per heavy atom. The van der Waals surface area contributed by atoms with Crippen LogP contribution in [-0.4, -0.2) is 9.78 Å². The van der Waals surface area contributed by atoms with Crippen molar-refractivity contribution in [2.45, 2.75) is 13.3 Å². The van der Waals surface area contributed by atoms with Crippen LogP contribution in [0.1, 0.15) is 22.4 Å². The topological polar surface area (TPSA) is 67.6 Å². The van der Waals surface area contributed by atoms with E-state index < -0.39 is 0 Å². The number of aryl methyl sites for hydroxylation is 2. The highest BCUT2D eigenvalue weighted by atomic mass is 15.3. The predicted octanol–water partition coefficient (Wildman–Crippen LogP) is 1.77. The molecule has 4 heteroatoms. The molecule has 0 spiro atoms. The fourth-order valence-corrected chi connectivity index (χ4v) is 1.86. The Kier molecular flexibility index (Phi) is 2.84. The third-order valence-corrected chi connectivity index (χ3v) is 2.73. The number of nitrogen functional groups attached to an aromatic ring is 1. The fraction of sp³-hybridized carbons (Fsp3) is 0.231. The summed E-state index contributed by atoms with van der Waals surface area (Å²) in [6.45, 7) is 2.04. The largest absolute Gasteiger partial charge is 0.383 e. The molecule has 0 atom stereocenters. The van der Waals surface area contributed by atoms with E-state index in [0.29, 0.717) is 17.8 Å². The Morgan fingerprint density at radius 2 is 2.24 bits per heavy atom. The Labute approximate surface area is 100 Å². The van der Waals surface area contributed by atoms with E-state index in [9.17, 15) is 0 Å². The van der Waals surface area contributed by atoms with Crippen molar-refractivity contribution in [3.8, 4) is 6.07 Å². The second kappa shape index (κ2) is 4.30. The minimum atomic E-state index is 0.426. The van der Waals surface area contributed by atoms with Crippen LogP contribution < -0.4 is 5.73 Å². The molecule has 86 valence electrons. The summed E-state index contributed by atoms with van der Waals surface area (Å²) in [7, 11) is 1.75. The molecule has 1 heterocycles. The van der Waals surface area contributed by atoms with Crippen LogP contribution >= 0.6 is 0 Å². The van der Waals surface area contributed by atoms with Crippen LogP contribution in [0.25, 0.3) is 0 Å². The van der Waals surface area contributed by atoms with Gasteiger partial charge in [0.2, 0.25) is 0 Å². The lowest BCUT2D eigenvalue weighted by atomic mass is 10.1. The first kappa shape index (κ1) is 11.2. The molecule has 2 aromatic rings. The van der Waals surface area contributed by atoms with E-state index in [0.717, 1.165) is 11.3 Å². The van der Waals surface area contributed by atoms with E-state index in [1.807, 2.05) is 25.1 Å². The summed E-state index contributed by atoms with van der Waals surface area (Å²) in [5.41, 5.74) is 9.33. The Balaban J connectivity index is 2.37. The standard InChI is InChI=1S/C13H14N4/c1-9-4-3-5-10(6-9)7-12-11(8-14)13(15)17(2)16-12/h3-6H,7,15H2,1-2H3. The van der Waals surface area contributed by atoms with E-state index in [1.165, 1.54) is 5.56 Å².